The minimum atomic E-state index is -3.62. The van der Waals surface area contributed by atoms with Gasteiger partial charge in [0.25, 0.3) is 0 Å². The van der Waals surface area contributed by atoms with Crippen molar-refractivity contribution in [1.82, 2.24) is 0 Å². The fraction of sp³-hybridized carbons (Fsp3) is 0.455. The van der Waals surface area contributed by atoms with Crippen LogP contribution < -0.4 is 4.74 Å². The van der Waals surface area contributed by atoms with Crippen molar-refractivity contribution in [2.24, 2.45) is 5.92 Å². The van der Waals surface area contributed by atoms with Gasteiger partial charge in [0, 0.05) is 27.1 Å². The van der Waals surface area contributed by atoms with Crippen LogP contribution in [0.2, 0.25) is 0 Å². The van der Waals surface area contributed by atoms with Crippen LogP contribution in [0.4, 0.5) is 5.69 Å². The van der Waals surface area contributed by atoms with Crippen LogP contribution in [-0.4, -0.2) is 25.7 Å². The predicted octanol–water partition coefficient (Wildman–Crippen LogP) is 3.25. The smallest absolute Gasteiger partial charge is 0.312 e. The number of nitro benzene ring substituents is 1. The largest absolute Gasteiger partial charge is 0.486 e. The van der Waals surface area contributed by atoms with E-state index in [0.717, 1.165) is 0 Å². The molecule has 0 fully saturated rings. The van der Waals surface area contributed by atoms with Crippen molar-refractivity contribution < 1.29 is 18.1 Å². The van der Waals surface area contributed by atoms with Crippen molar-refractivity contribution in [3.63, 3.8) is 0 Å². The Balaban J connectivity index is 2.90. The van der Waals surface area contributed by atoms with Gasteiger partial charge in [0.05, 0.1) is 17.3 Å². The normalized spacial score (nSPS) is 13.0. The number of benzene rings is 1. The lowest BCUT2D eigenvalue weighted by molar-refractivity contribution is -0.386. The van der Waals surface area contributed by atoms with Gasteiger partial charge in [-0.05, 0) is 18.6 Å². The van der Waals surface area contributed by atoms with E-state index in [-0.39, 0.29) is 29.7 Å². The van der Waals surface area contributed by atoms with Crippen molar-refractivity contribution in [2.45, 2.75) is 13.8 Å². The molecule has 0 spiro atoms. The first kappa shape index (κ1) is 17.2. The zero-order valence-corrected chi connectivity index (χ0v) is 14.0. The first-order valence-electron chi connectivity index (χ1n) is 5.60. The van der Waals surface area contributed by atoms with E-state index in [4.69, 9.17) is 15.4 Å². The van der Waals surface area contributed by atoms with Crippen molar-refractivity contribution >= 4 is 41.4 Å². The zero-order chi connectivity index (χ0) is 15.5. The van der Waals surface area contributed by atoms with Gasteiger partial charge in [-0.1, -0.05) is 22.9 Å². The first-order valence-corrected chi connectivity index (χ1v) is 8.87. The Bertz CT molecular complexity index is 619. The van der Waals surface area contributed by atoms with Crippen molar-refractivity contribution in [1.29, 1.82) is 0 Å². The SMILES string of the molecule is Cc1cc(Br)cc([N+](=O)[O-])c1OCC(C)CS(=O)(=O)Cl. The molecule has 0 heterocycles. The Hall–Kier alpha value is -0.860. The van der Waals surface area contributed by atoms with E-state index in [9.17, 15) is 18.5 Å². The fourth-order valence-electron chi connectivity index (χ4n) is 1.65. The maximum atomic E-state index is 11.0. The van der Waals surface area contributed by atoms with Gasteiger partial charge in [-0.3, -0.25) is 10.1 Å². The van der Waals surface area contributed by atoms with Gasteiger partial charge in [-0.2, -0.15) is 0 Å². The minimum absolute atomic E-state index is 0.0231. The molecule has 0 radical (unpaired) electrons. The number of ether oxygens (including phenoxy) is 1. The lowest BCUT2D eigenvalue weighted by Gasteiger charge is -2.13. The molecule has 0 aliphatic carbocycles. The quantitative estimate of drug-likeness (QED) is 0.425. The molecule has 1 rings (SSSR count). The highest BCUT2D eigenvalue weighted by molar-refractivity contribution is 9.10. The Morgan fingerprint density at radius 2 is 2.10 bits per heavy atom. The van der Waals surface area contributed by atoms with E-state index in [0.29, 0.717) is 10.0 Å². The summed E-state index contributed by atoms with van der Waals surface area (Å²) >= 11 is 3.18. The highest BCUT2D eigenvalue weighted by atomic mass is 79.9. The molecule has 0 aliphatic heterocycles. The molecule has 0 aromatic heterocycles. The minimum Gasteiger partial charge on any atom is -0.486 e. The molecule has 1 unspecified atom stereocenters. The number of nitro groups is 1. The molecular formula is C11H13BrClNO5S. The van der Waals surface area contributed by atoms with E-state index in [1.807, 2.05) is 0 Å². The maximum Gasteiger partial charge on any atom is 0.312 e. The number of aryl methyl sites for hydroxylation is 1. The summed E-state index contributed by atoms with van der Waals surface area (Å²) in [6, 6.07) is 3.02. The summed E-state index contributed by atoms with van der Waals surface area (Å²) in [5, 5.41) is 11.0. The number of hydrogen-bond acceptors (Lipinski definition) is 5. The number of rotatable bonds is 6. The number of halogens is 2. The Kier molecular flexibility index (Phi) is 5.79. The average Bonchev–Trinajstić information content (AvgIpc) is 2.24. The Morgan fingerprint density at radius 1 is 1.50 bits per heavy atom. The van der Waals surface area contributed by atoms with Crippen LogP contribution in [0.25, 0.3) is 0 Å². The van der Waals surface area contributed by atoms with Crippen LogP contribution in [0.5, 0.6) is 5.75 Å². The molecule has 1 aromatic carbocycles. The summed E-state index contributed by atoms with van der Waals surface area (Å²) in [4.78, 5) is 10.4. The van der Waals surface area contributed by atoms with Crippen LogP contribution in [0.15, 0.2) is 16.6 Å². The molecule has 1 aromatic rings. The van der Waals surface area contributed by atoms with Gasteiger partial charge in [0.15, 0.2) is 5.75 Å². The van der Waals surface area contributed by atoms with Crippen LogP contribution in [0, 0.1) is 23.0 Å². The third-order valence-corrected chi connectivity index (χ3v) is 4.22. The number of nitrogens with zero attached hydrogens (tertiary/aromatic N) is 1. The summed E-state index contributed by atoms with van der Waals surface area (Å²) < 4.78 is 27.9. The summed E-state index contributed by atoms with van der Waals surface area (Å²) in [7, 11) is 1.53. The highest BCUT2D eigenvalue weighted by Crippen LogP contribution is 2.34. The first-order chi connectivity index (χ1) is 9.10. The molecule has 0 aliphatic rings. The van der Waals surface area contributed by atoms with Crippen molar-refractivity contribution in [2.75, 3.05) is 12.4 Å². The molecular weight excluding hydrogens is 374 g/mol. The lowest BCUT2D eigenvalue weighted by atomic mass is 10.2. The molecule has 9 heteroatoms. The zero-order valence-electron chi connectivity index (χ0n) is 10.8. The molecule has 0 saturated carbocycles. The van der Waals surface area contributed by atoms with E-state index in [1.165, 1.54) is 6.07 Å². The third-order valence-electron chi connectivity index (χ3n) is 2.41. The van der Waals surface area contributed by atoms with Gasteiger partial charge < -0.3 is 4.74 Å². The molecule has 0 amide bonds. The molecule has 0 N–H and O–H groups in total. The molecule has 20 heavy (non-hydrogen) atoms. The summed E-state index contributed by atoms with van der Waals surface area (Å²) in [5.41, 5.74) is 0.421. The topological polar surface area (TPSA) is 86.5 Å². The van der Waals surface area contributed by atoms with Gasteiger partial charge in [-0.15, -0.1) is 0 Å². The molecule has 0 bridgehead atoms. The summed E-state index contributed by atoms with van der Waals surface area (Å²) in [6.45, 7) is 3.34. The van der Waals surface area contributed by atoms with Gasteiger partial charge in [-0.25, -0.2) is 8.42 Å². The van der Waals surface area contributed by atoms with E-state index in [2.05, 4.69) is 15.9 Å². The Morgan fingerprint density at radius 3 is 2.60 bits per heavy atom. The van der Waals surface area contributed by atoms with Gasteiger partial charge >= 0.3 is 5.69 Å². The van der Waals surface area contributed by atoms with E-state index < -0.39 is 14.0 Å². The standard InChI is InChI=1S/C11H13BrClNO5S/c1-7(6-20(13,17)18)5-19-11-8(2)3-9(12)4-10(11)14(15)16/h3-4,7H,5-6H2,1-2H3. The molecule has 0 saturated heterocycles. The summed E-state index contributed by atoms with van der Waals surface area (Å²) in [5.74, 6) is -0.491. The van der Waals surface area contributed by atoms with Crippen molar-refractivity contribution in [3.05, 3.63) is 32.3 Å². The van der Waals surface area contributed by atoms with Crippen LogP contribution in [0.1, 0.15) is 12.5 Å². The maximum absolute atomic E-state index is 11.0. The highest BCUT2D eigenvalue weighted by Gasteiger charge is 2.21. The van der Waals surface area contributed by atoms with Crippen LogP contribution >= 0.6 is 26.6 Å². The second kappa shape index (κ2) is 6.73. The predicted molar refractivity (Wildman–Crippen MR) is 79.8 cm³/mol. The van der Waals surface area contributed by atoms with Crippen molar-refractivity contribution in [3.8, 4) is 5.75 Å². The van der Waals surface area contributed by atoms with Crippen LogP contribution in [0.3, 0.4) is 0 Å². The van der Waals surface area contributed by atoms with E-state index in [1.54, 1.807) is 19.9 Å². The monoisotopic (exact) mass is 385 g/mol. The summed E-state index contributed by atoms with van der Waals surface area (Å²) in [6.07, 6.45) is 0. The molecule has 112 valence electrons. The second-order valence-corrected chi connectivity index (χ2v) is 8.19. The lowest BCUT2D eigenvalue weighted by Crippen LogP contribution is -2.17. The van der Waals surface area contributed by atoms with E-state index >= 15 is 0 Å². The van der Waals surface area contributed by atoms with Gasteiger partial charge in [0.1, 0.15) is 0 Å². The molecule has 1 atom stereocenters. The third kappa shape index (κ3) is 5.26. The molecule has 6 nitrogen and oxygen atoms in total. The Labute approximate surface area is 129 Å². The average molecular weight is 387 g/mol. The number of hydrogen-bond donors (Lipinski definition) is 0. The van der Waals surface area contributed by atoms with Crippen LogP contribution in [-0.2, 0) is 9.05 Å². The van der Waals surface area contributed by atoms with Gasteiger partial charge in [0.2, 0.25) is 9.05 Å². The second-order valence-electron chi connectivity index (χ2n) is 4.45. The fourth-order valence-corrected chi connectivity index (χ4v) is 3.63.